The van der Waals surface area contributed by atoms with E-state index in [0.29, 0.717) is 24.8 Å². The summed E-state index contributed by atoms with van der Waals surface area (Å²) in [6.45, 7) is 4.84. The van der Waals surface area contributed by atoms with Crippen LogP contribution in [0.5, 0.6) is 0 Å². The van der Waals surface area contributed by atoms with Gasteiger partial charge in [-0.25, -0.2) is 0 Å². The van der Waals surface area contributed by atoms with Gasteiger partial charge in [-0.1, -0.05) is 19.0 Å². The van der Waals surface area contributed by atoms with Gasteiger partial charge in [0, 0.05) is 13.0 Å². The highest BCUT2D eigenvalue weighted by Crippen LogP contribution is 2.21. The molecule has 15 heavy (non-hydrogen) atoms. The summed E-state index contributed by atoms with van der Waals surface area (Å²) in [5.41, 5.74) is 0. The van der Waals surface area contributed by atoms with Crippen LogP contribution in [0.25, 0.3) is 0 Å². The van der Waals surface area contributed by atoms with Gasteiger partial charge in [-0.2, -0.15) is 4.98 Å². The molecule has 1 aliphatic rings. The molecule has 5 heteroatoms. The van der Waals surface area contributed by atoms with Crippen molar-refractivity contribution in [3.8, 4) is 0 Å². The number of β-amino-alcohol motifs (C(OH)–C–C–N with tert-alkyl or cyclic N) is 1. The molecular formula is C10H17N3O2. The zero-order valence-corrected chi connectivity index (χ0v) is 9.10. The molecule has 0 amide bonds. The Morgan fingerprint density at radius 1 is 1.60 bits per heavy atom. The third-order valence-electron chi connectivity index (χ3n) is 2.48. The van der Waals surface area contributed by atoms with Gasteiger partial charge >= 0.3 is 0 Å². The van der Waals surface area contributed by atoms with Crippen molar-refractivity contribution in [2.24, 2.45) is 5.92 Å². The van der Waals surface area contributed by atoms with Crippen molar-refractivity contribution in [2.75, 3.05) is 6.54 Å². The summed E-state index contributed by atoms with van der Waals surface area (Å²) in [6, 6.07) is 0.0217. The molecule has 1 aromatic rings. The second kappa shape index (κ2) is 4.28. The zero-order chi connectivity index (χ0) is 10.8. The smallest absolute Gasteiger partial charge is 0.243 e. The Balaban J connectivity index is 2.00. The maximum absolute atomic E-state index is 9.36. The minimum absolute atomic E-state index is 0.0217. The Hall–Kier alpha value is -0.940. The molecule has 84 valence electrons. The molecule has 0 radical (unpaired) electrons. The number of hydrogen-bond acceptors (Lipinski definition) is 5. The highest BCUT2D eigenvalue weighted by molar-refractivity contribution is 4.97. The van der Waals surface area contributed by atoms with Gasteiger partial charge in [0.1, 0.15) is 0 Å². The summed E-state index contributed by atoms with van der Waals surface area (Å²) < 4.78 is 5.16. The first-order valence-electron chi connectivity index (χ1n) is 5.39. The molecule has 0 aliphatic carbocycles. The van der Waals surface area contributed by atoms with E-state index in [1.54, 1.807) is 0 Å². The van der Waals surface area contributed by atoms with Crippen LogP contribution < -0.4 is 5.32 Å². The number of nitrogens with one attached hydrogen (secondary N) is 1. The van der Waals surface area contributed by atoms with E-state index in [1.807, 2.05) is 0 Å². The third kappa shape index (κ3) is 2.54. The third-order valence-corrected chi connectivity index (χ3v) is 2.48. The lowest BCUT2D eigenvalue weighted by atomic mass is 10.1. The largest absolute Gasteiger partial charge is 0.392 e. The average molecular weight is 211 g/mol. The lowest BCUT2D eigenvalue weighted by molar-refractivity contribution is 0.191. The number of hydrogen-bond donors (Lipinski definition) is 2. The van der Waals surface area contributed by atoms with Gasteiger partial charge in [0.05, 0.1) is 12.1 Å². The molecular weight excluding hydrogens is 194 g/mol. The summed E-state index contributed by atoms with van der Waals surface area (Å²) in [4.78, 5) is 4.32. The summed E-state index contributed by atoms with van der Waals surface area (Å²) >= 11 is 0. The van der Waals surface area contributed by atoms with Gasteiger partial charge < -0.3 is 14.9 Å². The van der Waals surface area contributed by atoms with Crippen LogP contribution in [0.15, 0.2) is 4.52 Å². The van der Waals surface area contributed by atoms with Gasteiger partial charge in [0.25, 0.3) is 0 Å². The quantitative estimate of drug-likeness (QED) is 0.768. The van der Waals surface area contributed by atoms with Crippen LogP contribution in [0.4, 0.5) is 0 Å². The topological polar surface area (TPSA) is 71.2 Å². The Morgan fingerprint density at radius 3 is 3.00 bits per heavy atom. The molecule has 1 saturated heterocycles. The second-order valence-electron chi connectivity index (χ2n) is 4.50. The van der Waals surface area contributed by atoms with Crippen LogP contribution in [0.1, 0.15) is 38.0 Å². The van der Waals surface area contributed by atoms with Crippen molar-refractivity contribution in [3.05, 3.63) is 11.7 Å². The molecule has 0 unspecified atom stereocenters. The first kappa shape index (κ1) is 10.6. The Labute approximate surface area is 88.9 Å². The van der Waals surface area contributed by atoms with Crippen molar-refractivity contribution < 1.29 is 9.63 Å². The van der Waals surface area contributed by atoms with Crippen LogP contribution in [0.3, 0.4) is 0 Å². The summed E-state index contributed by atoms with van der Waals surface area (Å²) in [7, 11) is 0. The van der Waals surface area contributed by atoms with Crippen LogP contribution in [-0.4, -0.2) is 27.9 Å². The van der Waals surface area contributed by atoms with E-state index in [0.717, 1.165) is 12.2 Å². The summed E-state index contributed by atoms with van der Waals surface area (Å²) in [5, 5.41) is 16.4. The molecule has 0 saturated carbocycles. The predicted octanol–water partition coefficient (Wildman–Crippen LogP) is 0.663. The van der Waals surface area contributed by atoms with Crippen molar-refractivity contribution in [3.63, 3.8) is 0 Å². The van der Waals surface area contributed by atoms with Gasteiger partial charge in [-0.15, -0.1) is 0 Å². The van der Waals surface area contributed by atoms with Gasteiger partial charge in [0.15, 0.2) is 5.82 Å². The number of rotatable bonds is 3. The molecule has 1 aliphatic heterocycles. The van der Waals surface area contributed by atoms with Gasteiger partial charge in [0.2, 0.25) is 5.89 Å². The molecule has 0 spiro atoms. The first-order valence-corrected chi connectivity index (χ1v) is 5.39. The molecule has 2 rings (SSSR count). The van der Waals surface area contributed by atoms with Crippen molar-refractivity contribution >= 4 is 0 Å². The van der Waals surface area contributed by atoms with E-state index in [1.165, 1.54) is 0 Å². The van der Waals surface area contributed by atoms with Crippen LogP contribution >= 0.6 is 0 Å². The molecule has 0 bridgehead atoms. The van der Waals surface area contributed by atoms with E-state index in [2.05, 4.69) is 29.3 Å². The Morgan fingerprint density at radius 2 is 2.40 bits per heavy atom. The highest BCUT2D eigenvalue weighted by atomic mass is 16.5. The normalized spacial score (nSPS) is 26.4. The SMILES string of the molecule is CC(C)Cc1noc([C@H]2C[C@@H](O)CN2)n1. The first-order chi connectivity index (χ1) is 7.15. The Bertz CT molecular complexity index is 324. The fraction of sp³-hybridized carbons (Fsp3) is 0.800. The molecule has 2 atom stereocenters. The molecule has 2 N–H and O–H groups in total. The molecule has 5 nitrogen and oxygen atoms in total. The van der Waals surface area contributed by atoms with Crippen molar-refractivity contribution in [1.29, 1.82) is 0 Å². The van der Waals surface area contributed by atoms with E-state index in [4.69, 9.17) is 4.52 Å². The van der Waals surface area contributed by atoms with Crippen LogP contribution in [0.2, 0.25) is 0 Å². The molecule has 1 fully saturated rings. The van der Waals surface area contributed by atoms with E-state index >= 15 is 0 Å². The van der Waals surface area contributed by atoms with E-state index < -0.39 is 0 Å². The molecule has 1 aromatic heterocycles. The molecule has 0 aromatic carbocycles. The highest BCUT2D eigenvalue weighted by Gasteiger charge is 2.27. The number of nitrogens with zero attached hydrogens (tertiary/aromatic N) is 2. The van der Waals surface area contributed by atoms with Gasteiger partial charge in [-0.05, 0) is 12.3 Å². The fourth-order valence-electron chi connectivity index (χ4n) is 1.76. The monoisotopic (exact) mass is 211 g/mol. The van der Waals surface area contributed by atoms with Crippen molar-refractivity contribution in [1.82, 2.24) is 15.5 Å². The number of aliphatic hydroxyl groups is 1. The number of aromatic nitrogens is 2. The van der Waals surface area contributed by atoms with E-state index in [-0.39, 0.29) is 12.1 Å². The summed E-state index contributed by atoms with van der Waals surface area (Å²) in [5.74, 6) is 1.88. The lowest BCUT2D eigenvalue weighted by Crippen LogP contribution is -2.15. The zero-order valence-electron chi connectivity index (χ0n) is 9.10. The number of aliphatic hydroxyl groups excluding tert-OH is 1. The fourth-order valence-corrected chi connectivity index (χ4v) is 1.76. The maximum atomic E-state index is 9.36. The van der Waals surface area contributed by atoms with Gasteiger partial charge in [-0.3, -0.25) is 0 Å². The van der Waals surface area contributed by atoms with E-state index in [9.17, 15) is 5.11 Å². The van der Waals surface area contributed by atoms with Crippen molar-refractivity contribution in [2.45, 2.75) is 38.8 Å². The predicted molar refractivity (Wildman–Crippen MR) is 54.2 cm³/mol. The average Bonchev–Trinajstić information content (AvgIpc) is 2.72. The molecule has 2 heterocycles. The lowest BCUT2D eigenvalue weighted by Gasteiger charge is -2.01. The maximum Gasteiger partial charge on any atom is 0.243 e. The minimum atomic E-state index is -0.296. The van der Waals surface area contributed by atoms with Crippen LogP contribution in [0, 0.1) is 5.92 Å². The minimum Gasteiger partial charge on any atom is -0.392 e. The summed E-state index contributed by atoms with van der Waals surface area (Å²) in [6.07, 6.45) is 1.19. The second-order valence-corrected chi connectivity index (χ2v) is 4.50. The Kier molecular flexibility index (Phi) is 3.02. The standard InChI is InChI=1S/C10H17N3O2/c1-6(2)3-9-12-10(15-13-9)8-4-7(14)5-11-8/h6-8,11,14H,3-5H2,1-2H3/t7-,8-/m1/s1. The van der Waals surface area contributed by atoms with Crippen LogP contribution in [-0.2, 0) is 6.42 Å².